The number of pyridine rings is 1. The highest BCUT2D eigenvalue weighted by molar-refractivity contribution is 6.05. The van der Waals surface area contributed by atoms with Gasteiger partial charge in [-0.1, -0.05) is 13.0 Å². The van der Waals surface area contributed by atoms with Gasteiger partial charge in [0, 0.05) is 23.4 Å². The number of anilines is 1. The van der Waals surface area contributed by atoms with Crippen molar-refractivity contribution in [2.75, 3.05) is 12.4 Å². The van der Waals surface area contributed by atoms with Gasteiger partial charge in [0.1, 0.15) is 17.4 Å². The summed E-state index contributed by atoms with van der Waals surface area (Å²) in [6.07, 6.45) is 2.56. The molecular weight excluding hydrogens is 468 g/mol. The number of benzene rings is 2. The molecule has 3 N–H and O–H groups in total. The molecule has 1 unspecified atom stereocenters. The lowest BCUT2D eigenvalue weighted by molar-refractivity contribution is 0.102. The molecule has 0 fully saturated rings. The van der Waals surface area contributed by atoms with Crippen molar-refractivity contribution in [2.45, 2.75) is 33.2 Å². The number of methoxy groups -OCH3 is 1. The Morgan fingerprint density at radius 2 is 2.00 bits per heavy atom. The monoisotopic (exact) mass is 496 g/mol. The molecule has 3 aromatic heterocycles. The highest BCUT2D eigenvalue weighted by Crippen LogP contribution is 2.35. The molecule has 3 heterocycles. The number of hydrogen-bond donors (Lipinski definition) is 3. The number of nitrogens with zero attached hydrogens (tertiary/aromatic N) is 4. The summed E-state index contributed by atoms with van der Waals surface area (Å²) in [5, 5.41) is 18.1. The molecule has 0 radical (unpaired) electrons. The molecule has 1 amide bonds. The zero-order valence-corrected chi connectivity index (χ0v) is 21.1. The summed E-state index contributed by atoms with van der Waals surface area (Å²) in [5.41, 5.74) is 4.83. The van der Waals surface area contributed by atoms with E-state index in [0.29, 0.717) is 39.7 Å². The van der Waals surface area contributed by atoms with E-state index in [0.717, 1.165) is 23.2 Å². The van der Waals surface area contributed by atoms with Crippen LogP contribution in [0.15, 0.2) is 60.8 Å². The Labute approximate surface area is 214 Å². The molecule has 188 valence electrons. The van der Waals surface area contributed by atoms with Crippen LogP contribution in [0.5, 0.6) is 11.6 Å². The third kappa shape index (κ3) is 4.63. The number of aryl methyl sites for hydroxylation is 1. The lowest BCUT2D eigenvalue weighted by Gasteiger charge is -2.14. The molecule has 0 saturated heterocycles. The lowest BCUT2D eigenvalue weighted by atomic mass is 10.0. The number of phenols is 1. The van der Waals surface area contributed by atoms with Crippen LogP contribution in [0.25, 0.3) is 33.5 Å². The number of phenolic OH excluding ortho intramolecular Hbond substituents is 1. The summed E-state index contributed by atoms with van der Waals surface area (Å²) in [5.74, 6) is 1.48. The van der Waals surface area contributed by atoms with Gasteiger partial charge in [-0.15, -0.1) is 0 Å². The number of aromatic nitrogens is 5. The van der Waals surface area contributed by atoms with Crippen molar-refractivity contribution >= 4 is 22.8 Å². The minimum absolute atomic E-state index is 0.0808. The molecule has 5 rings (SSSR count). The molecule has 37 heavy (non-hydrogen) atoms. The van der Waals surface area contributed by atoms with E-state index in [1.165, 1.54) is 0 Å². The van der Waals surface area contributed by atoms with E-state index in [4.69, 9.17) is 4.74 Å². The maximum Gasteiger partial charge on any atom is 0.256 e. The van der Waals surface area contributed by atoms with Crippen molar-refractivity contribution in [2.24, 2.45) is 0 Å². The molecule has 2 aromatic carbocycles. The highest BCUT2D eigenvalue weighted by atomic mass is 16.5. The summed E-state index contributed by atoms with van der Waals surface area (Å²) < 4.78 is 7.23. The van der Waals surface area contributed by atoms with E-state index in [9.17, 15) is 9.90 Å². The lowest BCUT2D eigenvalue weighted by Crippen LogP contribution is -2.17. The number of hydrogen-bond acceptors (Lipinski definition) is 6. The van der Waals surface area contributed by atoms with Gasteiger partial charge in [0.25, 0.3) is 5.91 Å². The second-order valence-electron chi connectivity index (χ2n) is 8.94. The van der Waals surface area contributed by atoms with E-state index in [1.807, 2.05) is 35.9 Å². The molecule has 0 aliphatic carbocycles. The summed E-state index contributed by atoms with van der Waals surface area (Å²) >= 11 is 0. The first kappa shape index (κ1) is 24.1. The third-order valence-electron chi connectivity index (χ3n) is 6.38. The number of carbonyl (C=O) groups is 1. The number of fused-ring (bicyclic) bond motifs is 1. The van der Waals surface area contributed by atoms with Crippen LogP contribution >= 0.6 is 0 Å². The SMILES string of the molecule is CCC(C)n1nc(C)cc1NC(=O)c1ccc2nc(-c3cc(-c4cccnc4OC)ccc3O)[nH]c2c1. The molecule has 0 saturated carbocycles. The molecule has 9 nitrogen and oxygen atoms in total. The number of carbonyl (C=O) groups excluding carboxylic acids is 1. The summed E-state index contributed by atoms with van der Waals surface area (Å²) in [6.45, 7) is 6.05. The van der Waals surface area contributed by atoms with Crippen LogP contribution in [-0.4, -0.2) is 42.9 Å². The molecule has 1 atom stereocenters. The number of ether oxygens (including phenoxy) is 1. The molecule has 5 aromatic rings. The van der Waals surface area contributed by atoms with Gasteiger partial charge >= 0.3 is 0 Å². The predicted molar refractivity (Wildman–Crippen MR) is 143 cm³/mol. The maximum absolute atomic E-state index is 13.1. The molecule has 0 aliphatic rings. The van der Waals surface area contributed by atoms with E-state index >= 15 is 0 Å². The number of nitrogens with one attached hydrogen (secondary N) is 2. The zero-order chi connectivity index (χ0) is 26.1. The molecule has 0 aliphatic heterocycles. The minimum Gasteiger partial charge on any atom is -0.507 e. The fourth-order valence-electron chi connectivity index (χ4n) is 4.25. The van der Waals surface area contributed by atoms with Crippen LogP contribution in [0.4, 0.5) is 5.82 Å². The maximum atomic E-state index is 13.1. The third-order valence-corrected chi connectivity index (χ3v) is 6.38. The Bertz CT molecular complexity index is 1600. The van der Waals surface area contributed by atoms with Gasteiger partial charge in [0.15, 0.2) is 0 Å². The van der Waals surface area contributed by atoms with Gasteiger partial charge in [-0.25, -0.2) is 14.6 Å². The van der Waals surface area contributed by atoms with Crippen LogP contribution in [0, 0.1) is 6.92 Å². The molecular formula is C28H28N6O3. The van der Waals surface area contributed by atoms with Crippen LogP contribution in [0.2, 0.25) is 0 Å². The van der Waals surface area contributed by atoms with Gasteiger partial charge in [0.2, 0.25) is 5.88 Å². The van der Waals surface area contributed by atoms with Crippen molar-refractivity contribution in [3.63, 3.8) is 0 Å². The first-order chi connectivity index (χ1) is 17.9. The quantitative estimate of drug-likeness (QED) is 0.265. The van der Waals surface area contributed by atoms with Gasteiger partial charge < -0.3 is 20.1 Å². The minimum atomic E-state index is -0.240. The van der Waals surface area contributed by atoms with Crippen LogP contribution in [0.3, 0.4) is 0 Å². The van der Waals surface area contributed by atoms with Crippen LogP contribution in [-0.2, 0) is 0 Å². The number of imidazole rings is 1. The first-order valence-electron chi connectivity index (χ1n) is 12.1. The molecule has 0 bridgehead atoms. The smallest absolute Gasteiger partial charge is 0.256 e. The number of aromatic amines is 1. The van der Waals surface area contributed by atoms with Gasteiger partial charge in [-0.3, -0.25) is 4.79 Å². The van der Waals surface area contributed by atoms with Crippen LogP contribution in [0.1, 0.15) is 42.4 Å². The van der Waals surface area contributed by atoms with E-state index in [1.54, 1.807) is 43.6 Å². The van der Waals surface area contributed by atoms with Gasteiger partial charge in [-0.05, 0) is 68.3 Å². The second kappa shape index (κ2) is 9.77. The topological polar surface area (TPSA) is 118 Å². The van der Waals surface area contributed by atoms with E-state index in [-0.39, 0.29) is 17.7 Å². The van der Waals surface area contributed by atoms with Gasteiger partial charge in [0.05, 0.1) is 35.4 Å². The standard InChI is InChI=1S/C28H28N6O3/c1-5-17(3)34-25(13-16(2)33-34)32-27(36)19-8-10-22-23(15-19)31-26(30-22)21-14-18(9-11-24(21)35)20-7-6-12-29-28(20)37-4/h6-15,17,35H,5H2,1-4H3,(H,30,31)(H,32,36). The number of aromatic hydroxyl groups is 1. The van der Waals surface area contributed by atoms with E-state index in [2.05, 4.69) is 39.2 Å². The molecule has 0 spiro atoms. The Kier molecular flexibility index (Phi) is 6.35. The van der Waals surface area contributed by atoms with Crippen LogP contribution < -0.4 is 10.1 Å². The highest BCUT2D eigenvalue weighted by Gasteiger charge is 2.17. The fourth-order valence-corrected chi connectivity index (χ4v) is 4.25. The summed E-state index contributed by atoms with van der Waals surface area (Å²) in [6, 6.07) is 16.3. The average Bonchev–Trinajstić information content (AvgIpc) is 3.50. The Hall–Kier alpha value is -4.66. The van der Waals surface area contributed by atoms with E-state index < -0.39 is 0 Å². The van der Waals surface area contributed by atoms with Crippen molar-refractivity contribution in [3.05, 3.63) is 72.1 Å². The second-order valence-corrected chi connectivity index (χ2v) is 8.94. The normalized spacial score (nSPS) is 12.0. The predicted octanol–water partition coefficient (Wildman–Crippen LogP) is 5.73. The average molecular weight is 497 g/mol. The summed E-state index contributed by atoms with van der Waals surface area (Å²) in [7, 11) is 1.57. The van der Waals surface area contributed by atoms with Crippen molar-refractivity contribution < 1.29 is 14.6 Å². The summed E-state index contributed by atoms with van der Waals surface area (Å²) in [4.78, 5) is 25.2. The van der Waals surface area contributed by atoms with Crippen molar-refractivity contribution in [3.8, 4) is 34.1 Å². The number of rotatable bonds is 7. The Balaban J connectivity index is 1.46. The number of amides is 1. The van der Waals surface area contributed by atoms with Crippen molar-refractivity contribution in [1.82, 2.24) is 24.7 Å². The Morgan fingerprint density at radius 3 is 2.78 bits per heavy atom. The Morgan fingerprint density at radius 1 is 1.16 bits per heavy atom. The first-order valence-corrected chi connectivity index (χ1v) is 12.1. The fraction of sp³-hybridized carbons (Fsp3) is 0.214. The molecule has 9 heteroatoms. The van der Waals surface area contributed by atoms with Crippen molar-refractivity contribution in [1.29, 1.82) is 0 Å². The zero-order valence-electron chi connectivity index (χ0n) is 21.1. The largest absolute Gasteiger partial charge is 0.507 e. The van der Waals surface area contributed by atoms with Gasteiger partial charge in [-0.2, -0.15) is 5.10 Å². The number of H-pyrrole nitrogens is 1.